The molecular formula is C52H29N3OS. The van der Waals surface area contributed by atoms with Crippen LogP contribution in [0.3, 0.4) is 0 Å². The van der Waals surface area contributed by atoms with Crippen molar-refractivity contribution < 1.29 is 4.42 Å². The van der Waals surface area contributed by atoms with E-state index < -0.39 is 0 Å². The Kier molecular flexibility index (Phi) is 6.29. The Hall–Kier alpha value is -7.34. The van der Waals surface area contributed by atoms with Crippen molar-refractivity contribution in [1.29, 1.82) is 0 Å². The first kappa shape index (κ1) is 30.9. The van der Waals surface area contributed by atoms with Gasteiger partial charge in [-0.15, -0.1) is 11.3 Å². The summed E-state index contributed by atoms with van der Waals surface area (Å²) in [4.78, 5) is 11.0. The molecule has 0 aliphatic carbocycles. The summed E-state index contributed by atoms with van der Waals surface area (Å²) in [5, 5.41) is 13.5. The fourth-order valence-electron chi connectivity index (χ4n) is 9.36. The maximum absolute atomic E-state index is 6.62. The van der Waals surface area contributed by atoms with Crippen LogP contribution in [0, 0.1) is 0 Å². The number of furan rings is 1. The number of rotatable bonds is 3. The van der Waals surface area contributed by atoms with E-state index in [0.717, 1.165) is 44.3 Å². The molecule has 13 aromatic rings. The number of fused-ring (bicyclic) bond motifs is 18. The second kappa shape index (κ2) is 11.6. The molecule has 264 valence electrons. The van der Waals surface area contributed by atoms with E-state index in [1.54, 1.807) is 0 Å². The van der Waals surface area contributed by atoms with Crippen molar-refractivity contribution in [2.75, 3.05) is 0 Å². The van der Waals surface area contributed by atoms with Crippen molar-refractivity contribution in [2.45, 2.75) is 0 Å². The van der Waals surface area contributed by atoms with Gasteiger partial charge in [-0.1, -0.05) is 152 Å². The number of aromatic nitrogens is 3. The lowest BCUT2D eigenvalue weighted by atomic mass is 9.89. The van der Waals surface area contributed by atoms with Gasteiger partial charge in [-0.05, 0) is 56.9 Å². The van der Waals surface area contributed by atoms with Crippen LogP contribution in [0.5, 0.6) is 0 Å². The maximum Gasteiger partial charge on any atom is 0.236 e. The summed E-state index contributed by atoms with van der Waals surface area (Å²) in [5.41, 5.74) is 8.52. The van der Waals surface area contributed by atoms with Crippen molar-refractivity contribution in [3.05, 3.63) is 176 Å². The van der Waals surface area contributed by atoms with Crippen LogP contribution in [0.1, 0.15) is 0 Å². The Morgan fingerprint density at radius 1 is 0.421 bits per heavy atom. The molecule has 0 amide bonds. The van der Waals surface area contributed by atoms with E-state index in [2.05, 4.69) is 162 Å². The third-order valence-corrected chi connectivity index (χ3v) is 13.0. The minimum Gasteiger partial charge on any atom is -0.452 e. The molecule has 0 atom stereocenters. The topological polar surface area (TPSA) is 43.9 Å². The molecule has 5 heteroatoms. The summed E-state index contributed by atoms with van der Waals surface area (Å²) in [6.45, 7) is 0. The van der Waals surface area contributed by atoms with Gasteiger partial charge in [0.25, 0.3) is 0 Å². The van der Waals surface area contributed by atoms with E-state index in [4.69, 9.17) is 14.4 Å². The van der Waals surface area contributed by atoms with Crippen LogP contribution in [-0.2, 0) is 0 Å². The zero-order valence-corrected chi connectivity index (χ0v) is 31.2. The monoisotopic (exact) mass is 743 g/mol. The van der Waals surface area contributed by atoms with Crippen LogP contribution in [0.25, 0.3) is 125 Å². The van der Waals surface area contributed by atoms with E-state index in [-0.39, 0.29) is 0 Å². The molecule has 0 unspecified atom stereocenters. The molecule has 0 fully saturated rings. The van der Waals surface area contributed by atoms with Gasteiger partial charge in [0.15, 0.2) is 5.58 Å². The van der Waals surface area contributed by atoms with Gasteiger partial charge in [0, 0.05) is 48.0 Å². The molecule has 4 aromatic heterocycles. The van der Waals surface area contributed by atoms with Gasteiger partial charge >= 0.3 is 0 Å². The average Bonchev–Trinajstić information content (AvgIpc) is 3.96. The lowest BCUT2D eigenvalue weighted by molar-refractivity contribution is 0.666. The molecule has 0 saturated heterocycles. The summed E-state index contributed by atoms with van der Waals surface area (Å²) < 4.78 is 11.4. The highest BCUT2D eigenvalue weighted by Crippen LogP contribution is 2.51. The predicted octanol–water partition coefficient (Wildman–Crippen LogP) is 14.6. The highest BCUT2D eigenvalue weighted by molar-refractivity contribution is 7.27. The van der Waals surface area contributed by atoms with Crippen LogP contribution in [0.4, 0.5) is 0 Å². The number of para-hydroxylation sites is 2. The normalized spacial score (nSPS) is 12.2. The van der Waals surface area contributed by atoms with Crippen LogP contribution in [0.15, 0.2) is 180 Å². The van der Waals surface area contributed by atoms with Gasteiger partial charge in [-0.2, -0.15) is 0 Å². The SMILES string of the molecule is c1ccc(-c2ccc(-c3nc(-n4c5ccccc5c5c6c7ccccc7c7ccccc7c6c6c7ccccc7sc6c54)nc4c3oc3ccccc34)cc2)cc1. The Morgan fingerprint density at radius 3 is 1.74 bits per heavy atom. The first-order valence-electron chi connectivity index (χ1n) is 19.3. The van der Waals surface area contributed by atoms with Crippen molar-refractivity contribution in [1.82, 2.24) is 14.5 Å². The van der Waals surface area contributed by atoms with Crippen molar-refractivity contribution >= 4 is 108 Å². The van der Waals surface area contributed by atoms with Crippen molar-refractivity contribution in [3.8, 4) is 28.3 Å². The summed E-state index contributed by atoms with van der Waals surface area (Å²) in [7, 11) is 0. The molecule has 9 aromatic carbocycles. The molecule has 0 aliphatic heterocycles. The average molecular weight is 744 g/mol. The van der Waals surface area contributed by atoms with Gasteiger partial charge in [-0.3, -0.25) is 4.57 Å². The lowest BCUT2D eigenvalue weighted by Gasteiger charge is -2.15. The van der Waals surface area contributed by atoms with E-state index in [1.165, 1.54) is 68.8 Å². The molecule has 0 saturated carbocycles. The number of thiophene rings is 1. The summed E-state index contributed by atoms with van der Waals surface area (Å²) >= 11 is 1.86. The molecule has 0 aliphatic rings. The van der Waals surface area contributed by atoms with Crippen LogP contribution in [-0.4, -0.2) is 14.5 Å². The van der Waals surface area contributed by atoms with Gasteiger partial charge in [-0.25, -0.2) is 9.97 Å². The van der Waals surface area contributed by atoms with Crippen LogP contribution in [0.2, 0.25) is 0 Å². The molecule has 13 rings (SSSR count). The first-order chi connectivity index (χ1) is 28.3. The zero-order chi connectivity index (χ0) is 37.2. The Morgan fingerprint density at radius 2 is 0.982 bits per heavy atom. The molecule has 4 heterocycles. The van der Waals surface area contributed by atoms with Gasteiger partial charge in [0.1, 0.15) is 16.8 Å². The van der Waals surface area contributed by atoms with E-state index in [0.29, 0.717) is 11.5 Å². The smallest absolute Gasteiger partial charge is 0.236 e. The summed E-state index contributed by atoms with van der Waals surface area (Å²) in [6.07, 6.45) is 0. The third-order valence-electron chi connectivity index (χ3n) is 11.8. The number of hydrogen-bond donors (Lipinski definition) is 0. The highest BCUT2D eigenvalue weighted by atomic mass is 32.1. The minimum atomic E-state index is 0.616. The molecule has 0 N–H and O–H groups in total. The van der Waals surface area contributed by atoms with Crippen molar-refractivity contribution in [3.63, 3.8) is 0 Å². The fourth-order valence-corrected chi connectivity index (χ4v) is 10.6. The van der Waals surface area contributed by atoms with E-state index in [9.17, 15) is 0 Å². The van der Waals surface area contributed by atoms with Gasteiger partial charge in [0.05, 0.1) is 15.7 Å². The number of hydrogen-bond acceptors (Lipinski definition) is 4. The Bertz CT molecular complexity index is 3800. The van der Waals surface area contributed by atoms with Gasteiger partial charge < -0.3 is 4.42 Å². The molecule has 57 heavy (non-hydrogen) atoms. The standard InChI is InChI=1S/C52H29N3OS/c1-2-14-30(15-3-1)31-26-28-32(29-27-31)47-50-48(38-21-9-12-24-41(38)56-50)54-52(53-47)55-40-23-11-8-20-37(40)45-43-35-18-6-4-16-33(35)34-17-5-7-19-36(34)44(43)46-39-22-10-13-25-42(39)57-51(46)49(45)55/h1-29H. The Balaban J connectivity index is 1.23. The van der Waals surface area contributed by atoms with Crippen LogP contribution < -0.4 is 0 Å². The quantitative estimate of drug-likeness (QED) is 0.169. The maximum atomic E-state index is 6.62. The number of benzene rings is 9. The second-order valence-corrected chi connectivity index (χ2v) is 15.9. The van der Waals surface area contributed by atoms with E-state index >= 15 is 0 Å². The highest BCUT2D eigenvalue weighted by Gasteiger charge is 2.27. The molecule has 0 spiro atoms. The second-order valence-electron chi connectivity index (χ2n) is 14.8. The van der Waals surface area contributed by atoms with E-state index in [1.807, 2.05) is 29.5 Å². The zero-order valence-electron chi connectivity index (χ0n) is 30.4. The first-order valence-corrected chi connectivity index (χ1v) is 20.1. The molecule has 0 radical (unpaired) electrons. The molecule has 0 bridgehead atoms. The van der Waals surface area contributed by atoms with Crippen molar-refractivity contribution in [2.24, 2.45) is 0 Å². The fraction of sp³-hybridized carbons (Fsp3) is 0. The lowest BCUT2D eigenvalue weighted by Crippen LogP contribution is -2.03. The Labute approximate surface area is 329 Å². The molecular weight excluding hydrogens is 715 g/mol. The predicted molar refractivity (Wildman–Crippen MR) is 240 cm³/mol. The largest absolute Gasteiger partial charge is 0.452 e. The summed E-state index contributed by atoms with van der Waals surface area (Å²) in [5.74, 6) is 0.616. The molecule has 4 nitrogen and oxygen atoms in total. The van der Waals surface area contributed by atoms with Crippen LogP contribution >= 0.6 is 11.3 Å². The summed E-state index contributed by atoms with van der Waals surface area (Å²) in [6, 6.07) is 62.8. The third kappa shape index (κ3) is 4.26. The number of nitrogens with zero attached hydrogens (tertiary/aromatic N) is 3. The van der Waals surface area contributed by atoms with Gasteiger partial charge in [0.2, 0.25) is 5.95 Å². The minimum absolute atomic E-state index is 0.616.